The van der Waals surface area contributed by atoms with E-state index in [9.17, 15) is 26.4 Å². The van der Waals surface area contributed by atoms with Crippen LogP contribution < -0.4 is 5.32 Å². The maximum atomic E-state index is 12.0. The molecule has 1 fully saturated rings. The third-order valence-electron chi connectivity index (χ3n) is 3.07. The van der Waals surface area contributed by atoms with Crippen molar-refractivity contribution in [3.63, 3.8) is 0 Å². The number of carbonyl (C=O) groups excluding carboxylic acids is 1. The van der Waals surface area contributed by atoms with Gasteiger partial charge in [-0.2, -0.15) is 17.5 Å². The minimum absolute atomic E-state index is 0.0656. The van der Waals surface area contributed by atoms with E-state index in [1.54, 1.807) is 0 Å². The van der Waals surface area contributed by atoms with E-state index in [0.29, 0.717) is 0 Å². The van der Waals surface area contributed by atoms with Gasteiger partial charge in [-0.25, -0.2) is 8.42 Å². The molecular formula is C11H19F3N2O4S. The number of nitrogens with one attached hydrogen (secondary N) is 1. The third kappa shape index (κ3) is 6.18. The van der Waals surface area contributed by atoms with Crippen molar-refractivity contribution in [2.75, 3.05) is 32.5 Å². The number of morpholine rings is 1. The van der Waals surface area contributed by atoms with Crippen LogP contribution in [0, 0.1) is 0 Å². The fraction of sp³-hybridized carbons (Fsp3) is 0.909. The number of hydrogen-bond acceptors (Lipinski definition) is 4. The fourth-order valence-corrected chi connectivity index (χ4v) is 3.48. The van der Waals surface area contributed by atoms with Gasteiger partial charge in [-0.3, -0.25) is 4.79 Å². The Morgan fingerprint density at radius 3 is 2.62 bits per heavy atom. The molecule has 1 aliphatic heterocycles. The molecule has 0 spiro atoms. The van der Waals surface area contributed by atoms with E-state index in [0.717, 1.165) is 4.31 Å². The van der Waals surface area contributed by atoms with Crippen molar-refractivity contribution >= 4 is 15.9 Å². The van der Waals surface area contributed by atoms with Gasteiger partial charge < -0.3 is 10.1 Å². The highest BCUT2D eigenvalue weighted by Crippen LogP contribution is 2.22. The van der Waals surface area contributed by atoms with Crippen molar-refractivity contribution in [1.29, 1.82) is 0 Å². The van der Waals surface area contributed by atoms with Gasteiger partial charge in [0.2, 0.25) is 15.9 Å². The van der Waals surface area contributed by atoms with Crippen LogP contribution in [-0.4, -0.2) is 63.4 Å². The molecule has 10 heteroatoms. The van der Waals surface area contributed by atoms with Gasteiger partial charge in [-0.05, 0) is 12.8 Å². The lowest BCUT2D eigenvalue weighted by molar-refractivity contribution is -0.136. The monoisotopic (exact) mass is 332 g/mol. The largest absolute Gasteiger partial charge is 0.389 e. The molecule has 1 saturated heterocycles. The number of alkyl halides is 3. The summed E-state index contributed by atoms with van der Waals surface area (Å²) >= 11 is 0. The molecule has 0 radical (unpaired) electrons. The molecule has 6 nitrogen and oxygen atoms in total. The Hall–Kier alpha value is -0.870. The fourth-order valence-electron chi connectivity index (χ4n) is 1.94. The standard InChI is InChI=1S/C11H19F3N2O4S/c1-15-10(17)9-8-16(5-6-20-9)21(18,19)7-3-2-4-11(12,13)14/h9H,2-8H2,1H3,(H,15,17)/t9-/m0/s1. The van der Waals surface area contributed by atoms with Gasteiger partial charge in [0, 0.05) is 26.6 Å². The van der Waals surface area contributed by atoms with Crippen LogP contribution in [0.15, 0.2) is 0 Å². The second kappa shape index (κ2) is 7.41. The number of unbranched alkanes of at least 4 members (excludes halogenated alkanes) is 1. The highest BCUT2D eigenvalue weighted by atomic mass is 32.2. The van der Waals surface area contributed by atoms with Crippen molar-refractivity contribution in [1.82, 2.24) is 9.62 Å². The normalized spacial score (nSPS) is 21.2. The maximum Gasteiger partial charge on any atom is 0.389 e. The number of ether oxygens (including phenoxy) is 1. The summed E-state index contributed by atoms with van der Waals surface area (Å²) in [5.41, 5.74) is 0. The van der Waals surface area contributed by atoms with Gasteiger partial charge in [0.25, 0.3) is 0 Å². The number of rotatable bonds is 6. The van der Waals surface area contributed by atoms with E-state index in [-0.39, 0.29) is 38.3 Å². The van der Waals surface area contributed by atoms with Gasteiger partial charge in [0.1, 0.15) is 6.10 Å². The van der Waals surface area contributed by atoms with E-state index in [1.807, 2.05) is 0 Å². The third-order valence-corrected chi connectivity index (χ3v) is 5.00. The van der Waals surface area contributed by atoms with Crippen LogP contribution in [-0.2, 0) is 19.6 Å². The second-order valence-corrected chi connectivity index (χ2v) is 6.81. The minimum Gasteiger partial charge on any atom is -0.366 e. The molecule has 0 bridgehead atoms. The second-order valence-electron chi connectivity index (χ2n) is 4.72. The topological polar surface area (TPSA) is 75.7 Å². The maximum absolute atomic E-state index is 12.0. The summed E-state index contributed by atoms with van der Waals surface area (Å²) in [5.74, 6) is -0.782. The van der Waals surface area contributed by atoms with Crippen molar-refractivity contribution in [2.45, 2.75) is 31.5 Å². The number of halogens is 3. The zero-order valence-corrected chi connectivity index (χ0v) is 12.5. The van der Waals surface area contributed by atoms with Crippen LogP contribution in [0.2, 0.25) is 0 Å². The molecule has 0 unspecified atom stereocenters. The van der Waals surface area contributed by atoms with Gasteiger partial charge in [-0.1, -0.05) is 0 Å². The first-order valence-electron chi connectivity index (χ1n) is 6.53. The summed E-state index contributed by atoms with van der Waals surface area (Å²) in [4.78, 5) is 11.4. The first-order chi connectivity index (χ1) is 9.65. The average molecular weight is 332 g/mol. The summed E-state index contributed by atoms with van der Waals surface area (Å²) < 4.78 is 66.3. The van der Waals surface area contributed by atoms with Gasteiger partial charge >= 0.3 is 6.18 Å². The molecule has 0 aromatic rings. The Kier molecular flexibility index (Phi) is 6.41. The van der Waals surface area contributed by atoms with Crippen LogP contribution in [0.4, 0.5) is 13.2 Å². The highest BCUT2D eigenvalue weighted by molar-refractivity contribution is 7.89. The first kappa shape index (κ1) is 18.2. The lowest BCUT2D eigenvalue weighted by Gasteiger charge is -2.31. The van der Waals surface area contributed by atoms with Gasteiger partial charge in [-0.15, -0.1) is 0 Å². The van der Waals surface area contributed by atoms with Crippen LogP contribution in [0.25, 0.3) is 0 Å². The smallest absolute Gasteiger partial charge is 0.366 e. The molecule has 1 aliphatic rings. The zero-order valence-electron chi connectivity index (χ0n) is 11.6. The number of likely N-dealkylation sites (N-methyl/N-ethyl adjacent to an activating group) is 1. The Labute approximate surface area is 121 Å². The zero-order chi connectivity index (χ0) is 16.1. The summed E-state index contributed by atoms with van der Waals surface area (Å²) in [7, 11) is -2.26. The molecule has 0 aromatic heterocycles. The number of hydrogen-bond donors (Lipinski definition) is 1. The molecule has 1 rings (SSSR count). The summed E-state index contributed by atoms with van der Waals surface area (Å²) in [6, 6.07) is 0. The van der Waals surface area contributed by atoms with Crippen LogP contribution in [0.3, 0.4) is 0 Å². The van der Waals surface area contributed by atoms with Crippen molar-refractivity contribution in [3.05, 3.63) is 0 Å². The average Bonchev–Trinajstić information content (AvgIpc) is 2.42. The molecule has 1 heterocycles. The molecule has 1 amide bonds. The summed E-state index contributed by atoms with van der Waals surface area (Å²) in [6.45, 7) is 0.0796. The van der Waals surface area contributed by atoms with E-state index in [4.69, 9.17) is 4.74 Å². The number of carbonyl (C=O) groups is 1. The number of amides is 1. The summed E-state index contributed by atoms with van der Waals surface area (Å²) in [6.07, 6.45) is -6.44. The van der Waals surface area contributed by atoms with Crippen LogP contribution in [0.1, 0.15) is 19.3 Å². The van der Waals surface area contributed by atoms with E-state index in [2.05, 4.69) is 5.32 Å². The molecule has 1 N–H and O–H groups in total. The van der Waals surface area contributed by atoms with E-state index >= 15 is 0 Å². The molecule has 0 aliphatic carbocycles. The van der Waals surface area contributed by atoms with Crippen molar-refractivity contribution in [3.8, 4) is 0 Å². The predicted octanol–water partition coefficient (Wildman–Crippen LogP) is 0.496. The van der Waals surface area contributed by atoms with Gasteiger partial charge in [0.05, 0.1) is 12.4 Å². The lowest BCUT2D eigenvalue weighted by atomic mass is 10.2. The van der Waals surface area contributed by atoms with E-state index in [1.165, 1.54) is 7.05 Å². The quantitative estimate of drug-likeness (QED) is 0.719. The SMILES string of the molecule is CNC(=O)[C@@H]1CN(S(=O)(=O)CCCCC(F)(F)F)CCO1. The van der Waals surface area contributed by atoms with Gasteiger partial charge in [0.15, 0.2) is 0 Å². The Balaban J connectivity index is 2.48. The lowest BCUT2D eigenvalue weighted by Crippen LogP contribution is -2.51. The van der Waals surface area contributed by atoms with Crippen molar-refractivity contribution < 1.29 is 31.1 Å². The summed E-state index contributed by atoms with van der Waals surface area (Å²) in [5, 5.41) is 2.37. The minimum atomic E-state index is -4.27. The Morgan fingerprint density at radius 1 is 1.38 bits per heavy atom. The molecule has 1 atom stereocenters. The Morgan fingerprint density at radius 2 is 2.05 bits per heavy atom. The molecule has 21 heavy (non-hydrogen) atoms. The number of sulfonamides is 1. The first-order valence-corrected chi connectivity index (χ1v) is 8.14. The number of nitrogens with zero attached hydrogens (tertiary/aromatic N) is 1. The molecule has 0 aromatic carbocycles. The van der Waals surface area contributed by atoms with Crippen LogP contribution >= 0.6 is 0 Å². The van der Waals surface area contributed by atoms with Crippen LogP contribution in [0.5, 0.6) is 0 Å². The molecule has 124 valence electrons. The van der Waals surface area contributed by atoms with Crippen molar-refractivity contribution in [2.24, 2.45) is 0 Å². The van der Waals surface area contributed by atoms with E-state index < -0.39 is 34.6 Å². The molecular weight excluding hydrogens is 313 g/mol. The molecule has 0 saturated carbocycles. The Bertz CT molecular complexity index is 453. The highest BCUT2D eigenvalue weighted by Gasteiger charge is 2.33. The predicted molar refractivity (Wildman–Crippen MR) is 69.1 cm³/mol.